The molecule has 30 heavy (non-hydrogen) atoms. The number of hydrogen-bond acceptors (Lipinski definition) is 5. The van der Waals surface area contributed by atoms with E-state index in [9.17, 15) is 4.79 Å². The van der Waals surface area contributed by atoms with E-state index in [2.05, 4.69) is 51.4 Å². The molecule has 7 nitrogen and oxygen atoms in total. The fourth-order valence-corrected chi connectivity index (χ4v) is 5.29. The number of H-pyrrole nitrogens is 1. The average molecular weight is 407 g/mol. The quantitative estimate of drug-likeness (QED) is 0.714. The van der Waals surface area contributed by atoms with Gasteiger partial charge in [0.05, 0.1) is 6.04 Å². The minimum Gasteiger partial charge on any atom is -0.322 e. The van der Waals surface area contributed by atoms with Gasteiger partial charge in [-0.05, 0) is 79.1 Å². The van der Waals surface area contributed by atoms with Crippen molar-refractivity contribution in [2.45, 2.75) is 64.5 Å². The fourth-order valence-electron chi connectivity index (χ4n) is 5.29. The number of tetrazole rings is 1. The van der Waals surface area contributed by atoms with Gasteiger partial charge in [-0.1, -0.05) is 31.4 Å². The third-order valence-electron chi connectivity index (χ3n) is 6.81. The molecule has 0 amide bonds. The molecule has 3 aromatic rings. The van der Waals surface area contributed by atoms with E-state index < -0.39 is 0 Å². The number of fused-ring (bicyclic) bond motifs is 1. The van der Waals surface area contributed by atoms with Crippen LogP contribution in [0.25, 0.3) is 10.9 Å². The highest BCUT2D eigenvalue weighted by Crippen LogP contribution is 2.35. The molecule has 0 unspecified atom stereocenters. The van der Waals surface area contributed by atoms with Gasteiger partial charge in [-0.3, -0.25) is 9.69 Å². The Hall–Kier alpha value is -2.54. The minimum atomic E-state index is -0.225. The summed E-state index contributed by atoms with van der Waals surface area (Å²) in [6, 6.07) is 8.31. The molecule has 1 saturated heterocycles. The zero-order valence-electron chi connectivity index (χ0n) is 17.8. The predicted molar refractivity (Wildman–Crippen MR) is 116 cm³/mol. The Morgan fingerprint density at radius 1 is 1.13 bits per heavy atom. The first-order valence-electron chi connectivity index (χ1n) is 11.3. The van der Waals surface area contributed by atoms with Crippen LogP contribution in [0.2, 0.25) is 0 Å². The van der Waals surface area contributed by atoms with E-state index in [1.54, 1.807) is 0 Å². The molecule has 0 bridgehead atoms. The second kappa shape index (κ2) is 7.95. The van der Waals surface area contributed by atoms with Gasteiger partial charge in [0.25, 0.3) is 5.56 Å². The summed E-state index contributed by atoms with van der Waals surface area (Å²) in [5, 5.41) is 14.0. The second-order valence-electron chi connectivity index (χ2n) is 9.21. The largest absolute Gasteiger partial charge is 0.322 e. The average Bonchev–Trinajstić information content (AvgIpc) is 3.41. The number of aryl methyl sites for hydroxylation is 1. The van der Waals surface area contributed by atoms with E-state index >= 15 is 0 Å². The van der Waals surface area contributed by atoms with Gasteiger partial charge in [0, 0.05) is 17.6 Å². The SMILES string of the molecule is Cc1ccc2[nH]c(=O)c([C@H](c3nnnn3C3CCCC3)N3CCC[C@@H](C)C3)cc2c1. The number of aromatic nitrogens is 5. The second-order valence-corrected chi connectivity index (χ2v) is 9.21. The van der Waals surface area contributed by atoms with Gasteiger partial charge >= 0.3 is 0 Å². The van der Waals surface area contributed by atoms with Gasteiger partial charge in [0.15, 0.2) is 5.82 Å². The first kappa shape index (κ1) is 19.4. The molecule has 2 aliphatic rings. The molecule has 0 spiro atoms. The van der Waals surface area contributed by atoms with Gasteiger partial charge in [-0.25, -0.2) is 4.68 Å². The normalized spacial score (nSPS) is 22.0. The molecule has 2 fully saturated rings. The first-order chi connectivity index (χ1) is 14.6. The molecule has 1 aliphatic heterocycles. The summed E-state index contributed by atoms with van der Waals surface area (Å²) < 4.78 is 2.01. The smallest absolute Gasteiger partial charge is 0.253 e. The van der Waals surface area contributed by atoms with Crippen molar-refractivity contribution in [3.05, 3.63) is 51.6 Å². The molecule has 1 saturated carbocycles. The summed E-state index contributed by atoms with van der Waals surface area (Å²) in [5.74, 6) is 1.41. The monoisotopic (exact) mass is 406 g/mol. The van der Waals surface area contributed by atoms with E-state index in [1.165, 1.54) is 24.8 Å². The highest BCUT2D eigenvalue weighted by atomic mass is 16.1. The molecule has 0 radical (unpaired) electrons. The number of piperidine rings is 1. The number of benzene rings is 1. The zero-order chi connectivity index (χ0) is 20.7. The van der Waals surface area contributed by atoms with Gasteiger partial charge in [-0.2, -0.15) is 0 Å². The van der Waals surface area contributed by atoms with Crippen LogP contribution in [0.4, 0.5) is 0 Å². The van der Waals surface area contributed by atoms with Gasteiger partial charge < -0.3 is 4.98 Å². The van der Waals surface area contributed by atoms with Crippen LogP contribution < -0.4 is 5.56 Å². The summed E-state index contributed by atoms with van der Waals surface area (Å²) in [6.45, 7) is 6.27. The van der Waals surface area contributed by atoms with Gasteiger partial charge in [-0.15, -0.1) is 5.10 Å². The van der Waals surface area contributed by atoms with Crippen LogP contribution in [-0.2, 0) is 0 Å². The minimum absolute atomic E-state index is 0.0458. The van der Waals surface area contributed by atoms with Crippen LogP contribution in [-0.4, -0.2) is 43.2 Å². The lowest BCUT2D eigenvalue weighted by atomic mass is 9.95. The van der Waals surface area contributed by atoms with Crippen LogP contribution in [0.5, 0.6) is 0 Å². The molecule has 158 valence electrons. The lowest BCUT2D eigenvalue weighted by molar-refractivity contribution is 0.139. The predicted octanol–water partition coefficient (Wildman–Crippen LogP) is 3.76. The zero-order valence-corrected chi connectivity index (χ0v) is 17.8. The van der Waals surface area contributed by atoms with E-state index in [1.807, 2.05) is 16.8 Å². The highest BCUT2D eigenvalue weighted by Gasteiger charge is 2.34. The molecule has 3 heterocycles. The van der Waals surface area contributed by atoms with E-state index in [0.717, 1.165) is 54.6 Å². The molecule has 7 heteroatoms. The molecule has 1 aliphatic carbocycles. The Morgan fingerprint density at radius 2 is 1.97 bits per heavy atom. The maximum absolute atomic E-state index is 13.3. The summed E-state index contributed by atoms with van der Waals surface area (Å²) in [4.78, 5) is 18.8. The van der Waals surface area contributed by atoms with Crippen LogP contribution in [0.1, 0.15) is 74.5 Å². The van der Waals surface area contributed by atoms with E-state index in [0.29, 0.717) is 12.0 Å². The van der Waals surface area contributed by atoms with Crippen molar-refractivity contribution in [1.82, 2.24) is 30.1 Å². The van der Waals surface area contributed by atoms with Crippen LogP contribution in [0.15, 0.2) is 29.1 Å². The number of aromatic amines is 1. The maximum atomic E-state index is 13.3. The van der Waals surface area contributed by atoms with E-state index in [4.69, 9.17) is 0 Å². The van der Waals surface area contributed by atoms with Crippen LogP contribution in [0, 0.1) is 12.8 Å². The molecule has 5 rings (SSSR count). The lowest BCUT2D eigenvalue weighted by Crippen LogP contribution is -2.41. The van der Waals surface area contributed by atoms with Crippen molar-refractivity contribution in [3.8, 4) is 0 Å². The Kier molecular flexibility index (Phi) is 5.15. The Morgan fingerprint density at radius 3 is 2.77 bits per heavy atom. The Balaban J connectivity index is 1.66. The van der Waals surface area contributed by atoms with Gasteiger partial charge in [0.2, 0.25) is 0 Å². The Bertz CT molecular complexity index is 1100. The Labute approximate surface area is 176 Å². The number of nitrogens with zero attached hydrogens (tertiary/aromatic N) is 5. The maximum Gasteiger partial charge on any atom is 0.253 e. The van der Waals surface area contributed by atoms with Gasteiger partial charge in [0.1, 0.15) is 6.04 Å². The van der Waals surface area contributed by atoms with Crippen molar-refractivity contribution in [2.24, 2.45) is 5.92 Å². The fraction of sp³-hybridized carbons (Fsp3) is 0.565. The standard InChI is InChI=1S/C23H30N6O/c1-15-9-10-20-17(12-15)13-19(23(30)24-20)21(28-11-5-6-16(2)14-28)22-25-26-27-29(22)18-7-3-4-8-18/h9-10,12-13,16,18,21H,3-8,11,14H2,1-2H3,(H,24,30)/t16-,21-/m1/s1. The topological polar surface area (TPSA) is 79.7 Å². The summed E-state index contributed by atoms with van der Waals surface area (Å²) in [5.41, 5.74) is 2.75. The number of pyridine rings is 1. The van der Waals surface area contributed by atoms with Crippen molar-refractivity contribution in [3.63, 3.8) is 0 Å². The molecule has 2 atom stereocenters. The van der Waals surface area contributed by atoms with Crippen LogP contribution in [0.3, 0.4) is 0 Å². The van der Waals surface area contributed by atoms with Crippen molar-refractivity contribution in [1.29, 1.82) is 0 Å². The summed E-state index contributed by atoms with van der Waals surface area (Å²) in [6.07, 6.45) is 7.00. The van der Waals surface area contributed by atoms with Crippen molar-refractivity contribution >= 4 is 10.9 Å². The molecule has 1 aromatic carbocycles. The number of likely N-dealkylation sites (tertiary alicyclic amines) is 1. The summed E-state index contributed by atoms with van der Waals surface area (Å²) in [7, 11) is 0. The molecular weight excluding hydrogens is 376 g/mol. The number of hydrogen-bond donors (Lipinski definition) is 1. The lowest BCUT2D eigenvalue weighted by Gasteiger charge is -2.36. The molecule has 1 N–H and O–H groups in total. The molecular formula is C23H30N6O. The third-order valence-corrected chi connectivity index (χ3v) is 6.81. The summed E-state index contributed by atoms with van der Waals surface area (Å²) >= 11 is 0. The number of rotatable bonds is 4. The van der Waals surface area contributed by atoms with E-state index in [-0.39, 0.29) is 11.6 Å². The molecule has 2 aromatic heterocycles. The van der Waals surface area contributed by atoms with Crippen LogP contribution >= 0.6 is 0 Å². The number of nitrogens with one attached hydrogen (secondary N) is 1. The first-order valence-corrected chi connectivity index (χ1v) is 11.3. The third kappa shape index (κ3) is 3.55. The highest BCUT2D eigenvalue weighted by molar-refractivity contribution is 5.79. The van der Waals surface area contributed by atoms with Crippen molar-refractivity contribution < 1.29 is 0 Å². The van der Waals surface area contributed by atoms with Crippen molar-refractivity contribution in [2.75, 3.05) is 13.1 Å².